The highest BCUT2D eigenvalue weighted by atomic mass is 16.5. The summed E-state index contributed by atoms with van der Waals surface area (Å²) >= 11 is 0. The fourth-order valence-electron chi connectivity index (χ4n) is 1.31. The van der Waals surface area contributed by atoms with Crippen molar-refractivity contribution >= 4 is 12.6 Å². The SMILES string of the molecule is COc1cccc(C=O)c1.O=Cc1cccc(O)c1. The smallest absolute Gasteiger partial charge is 0.150 e. The highest BCUT2D eigenvalue weighted by Crippen LogP contribution is 2.10. The lowest BCUT2D eigenvalue weighted by Gasteiger charge is -1.97. The fourth-order valence-corrected chi connectivity index (χ4v) is 1.31. The van der Waals surface area contributed by atoms with Crippen molar-refractivity contribution in [3.8, 4) is 11.5 Å². The number of rotatable bonds is 3. The van der Waals surface area contributed by atoms with Crippen LogP contribution in [0, 0.1) is 0 Å². The standard InChI is InChI=1S/C8H8O2.C7H6O2/c1-10-8-4-2-3-7(5-8)6-9;8-5-6-2-1-3-7(9)4-6/h2-6H,1H3;1-5,9H. The van der Waals surface area contributed by atoms with Crippen LogP contribution in [0.1, 0.15) is 20.7 Å². The summed E-state index contributed by atoms with van der Waals surface area (Å²) in [6.45, 7) is 0. The molecule has 0 radical (unpaired) electrons. The van der Waals surface area contributed by atoms with Gasteiger partial charge >= 0.3 is 0 Å². The fraction of sp³-hybridized carbons (Fsp3) is 0.0667. The molecule has 0 aliphatic carbocycles. The van der Waals surface area contributed by atoms with Crippen molar-refractivity contribution in [2.24, 2.45) is 0 Å². The van der Waals surface area contributed by atoms with Gasteiger partial charge in [-0.05, 0) is 24.3 Å². The van der Waals surface area contributed by atoms with Crippen molar-refractivity contribution in [1.29, 1.82) is 0 Å². The number of benzene rings is 2. The molecule has 1 N–H and O–H groups in total. The molecule has 98 valence electrons. The maximum atomic E-state index is 10.2. The third-order valence-corrected chi connectivity index (χ3v) is 2.24. The van der Waals surface area contributed by atoms with E-state index < -0.39 is 0 Å². The van der Waals surface area contributed by atoms with Crippen LogP contribution in [0.4, 0.5) is 0 Å². The van der Waals surface area contributed by atoms with Gasteiger partial charge in [0.05, 0.1) is 7.11 Å². The zero-order valence-electron chi connectivity index (χ0n) is 10.4. The second-order valence-corrected chi connectivity index (χ2v) is 3.61. The van der Waals surface area contributed by atoms with E-state index >= 15 is 0 Å². The minimum absolute atomic E-state index is 0.125. The molecule has 2 aromatic rings. The molecule has 4 nitrogen and oxygen atoms in total. The Kier molecular flexibility index (Phi) is 5.82. The van der Waals surface area contributed by atoms with Gasteiger partial charge in [0, 0.05) is 11.1 Å². The molecule has 0 amide bonds. The molecule has 4 heteroatoms. The largest absolute Gasteiger partial charge is 0.508 e. The van der Waals surface area contributed by atoms with Gasteiger partial charge in [-0.2, -0.15) is 0 Å². The Labute approximate surface area is 111 Å². The van der Waals surface area contributed by atoms with Crippen LogP contribution in [-0.4, -0.2) is 24.8 Å². The molecule has 0 spiro atoms. The molecule has 0 atom stereocenters. The summed E-state index contributed by atoms with van der Waals surface area (Å²) < 4.78 is 4.90. The quantitative estimate of drug-likeness (QED) is 0.860. The predicted octanol–water partition coefficient (Wildman–Crippen LogP) is 2.71. The average molecular weight is 258 g/mol. The number of methoxy groups -OCH3 is 1. The molecule has 2 rings (SSSR count). The molecule has 0 aromatic heterocycles. The van der Waals surface area contributed by atoms with E-state index in [1.807, 2.05) is 0 Å². The summed E-state index contributed by atoms with van der Waals surface area (Å²) in [5, 5.41) is 8.79. The molecular formula is C15H14O4. The van der Waals surface area contributed by atoms with E-state index in [1.54, 1.807) is 43.5 Å². The van der Waals surface area contributed by atoms with Crippen molar-refractivity contribution < 1.29 is 19.4 Å². The lowest BCUT2D eigenvalue weighted by molar-refractivity contribution is 0.111. The van der Waals surface area contributed by atoms with Gasteiger partial charge in [-0.1, -0.05) is 24.3 Å². The lowest BCUT2D eigenvalue weighted by atomic mass is 10.2. The van der Waals surface area contributed by atoms with E-state index in [1.165, 1.54) is 12.1 Å². The molecule has 0 aliphatic heterocycles. The van der Waals surface area contributed by atoms with Gasteiger partial charge in [-0.3, -0.25) is 9.59 Å². The zero-order chi connectivity index (χ0) is 14.1. The Morgan fingerprint density at radius 2 is 1.53 bits per heavy atom. The summed E-state index contributed by atoms with van der Waals surface area (Å²) in [7, 11) is 1.57. The number of aldehydes is 2. The number of phenols is 1. The van der Waals surface area contributed by atoms with E-state index in [0.717, 1.165) is 6.29 Å². The minimum Gasteiger partial charge on any atom is -0.508 e. The van der Waals surface area contributed by atoms with Crippen molar-refractivity contribution in [2.75, 3.05) is 7.11 Å². The van der Waals surface area contributed by atoms with E-state index in [0.29, 0.717) is 23.2 Å². The third kappa shape index (κ3) is 5.04. The van der Waals surface area contributed by atoms with Gasteiger partial charge in [0.2, 0.25) is 0 Å². The Bertz CT molecular complexity index is 549. The first-order valence-electron chi connectivity index (χ1n) is 5.53. The Hall–Kier alpha value is -2.62. The molecule has 0 saturated carbocycles. The average Bonchev–Trinajstić information content (AvgIpc) is 2.48. The van der Waals surface area contributed by atoms with Gasteiger partial charge < -0.3 is 9.84 Å². The van der Waals surface area contributed by atoms with Gasteiger partial charge in [0.1, 0.15) is 24.1 Å². The van der Waals surface area contributed by atoms with Crippen molar-refractivity contribution in [3.05, 3.63) is 59.7 Å². The van der Waals surface area contributed by atoms with Gasteiger partial charge in [-0.25, -0.2) is 0 Å². The van der Waals surface area contributed by atoms with Crippen molar-refractivity contribution in [1.82, 2.24) is 0 Å². The maximum absolute atomic E-state index is 10.2. The first kappa shape index (κ1) is 14.4. The van der Waals surface area contributed by atoms with Crippen LogP contribution in [0.3, 0.4) is 0 Å². The summed E-state index contributed by atoms with van der Waals surface area (Å²) in [5.41, 5.74) is 1.13. The molecule has 0 bridgehead atoms. The molecule has 0 unspecified atom stereocenters. The molecule has 0 heterocycles. The summed E-state index contributed by atoms with van der Waals surface area (Å²) in [5.74, 6) is 0.837. The number of hydrogen-bond acceptors (Lipinski definition) is 4. The van der Waals surface area contributed by atoms with Crippen LogP contribution in [0.25, 0.3) is 0 Å². The highest BCUT2D eigenvalue weighted by molar-refractivity contribution is 5.75. The first-order valence-corrected chi connectivity index (χ1v) is 5.53. The lowest BCUT2D eigenvalue weighted by Crippen LogP contribution is -1.84. The van der Waals surface area contributed by atoms with E-state index in [2.05, 4.69) is 0 Å². The second kappa shape index (κ2) is 7.66. The third-order valence-electron chi connectivity index (χ3n) is 2.24. The van der Waals surface area contributed by atoms with Crippen molar-refractivity contribution in [2.45, 2.75) is 0 Å². The number of hydrogen-bond donors (Lipinski definition) is 1. The van der Waals surface area contributed by atoms with Crippen LogP contribution in [-0.2, 0) is 0 Å². The normalized spacial score (nSPS) is 8.89. The summed E-state index contributed by atoms with van der Waals surface area (Å²) in [6, 6.07) is 13.2. The van der Waals surface area contributed by atoms with E-state index in [-0.39, 0.29) is 5.75 Å². The molecule has 0 saturated heterocycles. The minimum atomic E-state index is 0.125. The van der Waals surface area contributed by atoms with Crippen LogP contribution in [0.2, 0.25) is 0 Å². The first-order chi connectivity index (χ1) is 9.19. The van der Waals surface area contributed by atoms with E-state index in [4.69, 9.17) is 9.84 Å². The molecule has 0 fully saturated rings. The topological polar surface area (TPSA) is 63.6 Å². The van der Waals surface area contributed by atoms with Crippen LogP contribution < -0.4 is 4.74 Å². The molecule has 2 aromatic carbocycles. The molecule has 19 heavy (non-hydrogen) atoms. The van der Waals surface area contributed by atoms with Gasteiger partial charge in [-0.15, -0.1) is 0 Å². The summed E-state index contributed by atoms with van der Waals surface area (Å²) in [6.07, 6.45) is 1.49. The van der Waals surface area contributed by atoms with Crippen LogP contribution in [0.15, 0.2) is 48.5 Å². The second-order valence-electron chi connectivity index (χ2n) is 3.61. The van der Waals surface area contributed by atoms with Crippen LogP contribution in [0.5, 0.6) is 11.5 Å². The van der Waals surface area contributed by atoms with Gasteiger partial charge in [0.15, 0.2) is 0 Å². The summed E-state index contributed by atoms with van der Waals surface area (Å²) in [4.78, 5) is 20.3. The number of ether oxygens (including phenoxy) is 1. The molecule has 0 aliphatic rings. The highest BCUT2D eigenvalue weighted by Gasteiger charge is 1.91. The number of carbonyl (C=O) groups is 2. The zero-order valence-corrected chi connectivity index (χ0v) is 10.4. The van der Waals surface area contributed by atoms with Crippen LogP contribution >= 0.6 is 0 Å². The maximum Gasteiger partial charge on any atom is 0.150 e. The number of aromatic hydroxyl groups is 1. The number of phenolic OH excluding ortho intramolecular Hbond substituents is 1. The van der Waals surface area contributed by atoms with Gasteiger partial charge in [0.25, 0.3) is 0 Å². The number of carbonyl (C=O) groups excluding carboxylic acids is 2. The van der Waals surface area contributed by atoms with Crippen molar-refractivity contribution in [3.63, 3.8) is 0 Å². The predicted molar refractivity (Wildman–Crippen MR) is 71.9 cm³/mol. The monoisotopic (exact) mass is 258 g/mol. The van der Waals surface area contributed by atoms with E-state index in [9.17, 15) is 9.59 Å². The molecular weight excluding hydrogens is 244 g/mol. The Morgan fingerprint density at radius 3 is 2.00 bits per heavy atom. The Balaban J connectivity index is 0.000000191. The Morgan fingerprint density at radius 1 is 0.947 bits per heavy atom.